The highest BCUT2D eigenvalue weighted by atomic mass is 19.1. The van der Waals surface area contributed by atoms with E-state index in [0.29, 0.717) is 12.4 Å². The molecule has 3 rings (SSSR count). The predicted octanol–water partition coefficient (Wildman–Crippen LogP) is 1.71. The van der Waals surface area contributed by atoms with Crippen LogP contribution in [-0.2, 0) is 11.5 Å². The average Bonchev–Trinajstić information content (AvgIpc) is 2.79. The van der Waals surface area contributed by atoms with Crippen LogP contribution in [0.3, 0.4) is 0 Å². The van der Waals surface area contributed by atoms with Gasteiger partial charge in [-0.2, -0.15) is 0 Å². The van der Waals surface area contributed by atoms with Gasteiger partial charge in [-0.25, -0.2) is 9.37 Å². The maximum absolute atomic E-state index is 13.6. The van der Waals surface area contributed by atoms with Crippen LogP contribution in [0.2, 0.25) is 0 Å². The number of aryl methyl sites for hydroxylation is 1. The van der Waals surface area contributed by atoms with Gasteiger partial charge < -0.3 is 9.30 Å². The third-order valence-electron chi connectivity index (χ3n) is 3.10. The number of carbonyl (C=O) groups excluding carboxylic acids is 1. The minimum atomic E-state index is -0.461. The molecule has 0 atom stereocenters. The van der Waals surface area contributed by atoms with Gasteiger partial charge in [-0.3, -0.25) is 9.69 Å². The van der Waals surface area contributed by atoms with Crippen LogP contribution in [0.25, 0.3) is 0 Å². The third kappa shape index (κ3) is 1.95. The molecule has 2 heterocycles. The summed E-state index contributed by atoms with van der Waals surface area (Å²) in [5, 5.41) is 0. The summed E-state index contributed by atoms with van der Waals surface area (Å²) in [6.45, 7) is 1.99. The summed E-state index contributed by atoms with van der Waals surface area (Å²) < 4.78 is 20.6. The Balaban J connectivity index is 2.00. The number of hydrogen-bond donors (Lipinski definition) is 0. The maximum Gasteiger partial charge on any atom is 0.266 e. The van der Waals surface area contributed by atoms with Gasteiger partial charge in [0.1, 0.15) is 12.5 Å². The van der Waals surface area contributed by atoms with Gasteiger partial charge in [0.15, 0.2) is 18.2 Å². The second-order valence-electron chi connectivity index (χ2n) is 4.28. The zero-order valence-corrected chi connectivity index (χ0v) is 10.3. The number of para-hydroxylation sites is 1. The van der Waals surface area contributed by atoms with Gasteiger partial charge in [0.25, 0.3) is 5.91 Å². The first-order chi connectivity index (χ1) is 9.16. The van der Waals surface area contributed by atoms with Crippen molar-refractivity contribution in [2.45, 2.75) is 13.6 Å². The highest BCUT2D eigenvalue weighted by Crippen LogP contribution is 2.34. The molecule has 0 fully saturated rings. The lowest BCUT2D eigenvalue weighted by Gasteiger charge is -2.29. The third-order valence-corrected chi connectivity index (χ3v) is 3.10. The molecule has 1 amide bonds. The van der Waals surface area contributed by atoms with Crippen LogP contribution in [0.4, 0.5) is 10.1 Å². The second kappa shape index (κ2) is 4.38. The lowest BCUT2D eigenvalue weighted by atomic mass is 10.2. The largest absolute Gasteiger partial charge is 0.478 e. The van der Waals surface area contributed by atoms with Crippen LogP contribution in [-0.4, -0.2) is 22.1 Å². The van der Waals surface area contributed by atoms with Gasteiger partial charge in [0.2, 0.25) is 0 Å². The van der Waals surface area contributed by atoms with Crippen LogP contribution in [0.15, 0.2) is 30.6 Å². The standard InChI is InChI=1S/C13H12FN3O2/c1-9-15-5-6-16(9)8-17-11-4-2-3-10(14)13(11)19-7-12(17)18/h2-6H,7-8H2,1H3. The van der Waals surface area contributed by atoms with Crippen LogP contribution >= 0.6 is 0 Å². The highest BCUT2D eigenvalue weighted by Gasteiger charge is 2.27. The van der Waals surface area contributed by atoms with Crippen molar-refractivity contribution in [2.24, 2.45) is 0 Å². The summed E-state index contributed by atoms with van der Waals surface area (Å²) in [6, 6.07) is 4.54. The first-order valence-corrected chi connectivity index (χ1v) is 5.86. The smallest absolute Gasteiger partial charge is 0.266 e. The molecule has 0 N–H and O–H groups in total. The van der Waals surface area contributed by atoms with E-state index < -0.39 is 5.82 Å². The van der Waals surface area contributed by atoms with Gasteiger partial charge >= 0.3 is 0 Å². The molecule has 6 heteroatoms. The van der Waals surface area contributed by atoms with Crippen LogP contribution in [0.5, 0.6) is 5.75 Å². The Labute approximate surface area is 109 Å². The quantitative estimate of drug-likeness (QED) is 0.827. The van der Waals surface area contributed by atoms with E-state index in [1.807, 2.05) is 11.5 Å². The summed E-state index contributed by atoms with van der Waals surface area (Å²) in [5.41, 5.74) is 0.448. The number of aromatic nitrogens is 2. The van der Waals surface area contributed by atoms with Crippen LogP contribution in [0.1, 0.15) is 5.82 Å². The number of imidazole rings is 1. The Morgan fingerprint density at radius 3 is 3.05 bits per heavy atom. The van der Waals surface area contributed by atoms with E-state index in [2.05, 4.69) is 4.98 Å². The molecule has 5 nitrogen and oxygen atoms in total. The Morgan fingerprint density at radius 1 is 1.47 bits per heavy atom. The molecule has 0 unspecified atom stereocenters. The van der Waals surface area contributed by atoms with Crippen molar-refractivity contribution in [2.75, 3.05) is 11.5 Å². The Morgan fingerprint density at radius 2 is 2.32 bits per heavy atom. The fourth-order valence-electron chi connectivity index (χ4n) is 2.06. The van der Waals surface area contributed by atoms with Crippen molar-refractivity contribution in [3.63, 3.8) is 0 Å². The number of ether oxygens (including phenoxy) is 1. The minimum absolute atomic E-state index is 0.125. The fourth-order valence-corrected chi connectivity index (χ4v) is 2.06. The van der Waals surface area contributed by atoms with E-state index in [4.69, 9.17) is 4.74 Å². The summed E-state index contributed by atoms with van der Waals surface area (Å²) in [6.07, 6.45) is 3.43. The lowest BCUT2D eigenvalue weighted by molar-refractivity contribution is -0.121. The topological polar surface area (TPSA) is 47.4 Å². The normalized spacial score (nSPS) is 14.2. The van der Waals surface area contributed by atoms with Crippen molar-refractivity contribution in [1.29, 1.82) is 0 Å². The van der Waals surface area contributed by atoms with Gasteiger partial charge in [-0.1, -0.05) is 6.07 Å². The van der Waals surface area contributed by atoms with Gasteiger partial charge in [-0.05, 0) is 19.1 Å². The van der Waals surface area contributed by atoms with Crippen molar-refractivity contribution in [3.8, 4) is 5.75 Å². The van der Waals surface area contributed by atoms with E-state index in [1.165, 1.54) is 11.0 Å². The number of fused-ring (bicyclic) bond motifs is 1. The Bertz CT molecular complexity index is 639. The number of nitrogens with zero attached hydrogens (tertiary/aromatic N) is 3. The monoisotopic (exact) mass is 261 g/mol. The molecule has 0 aliphatic carbocycles. The molecule has 1 aliphatic heterocycles. The van der Waals surface area contributed by atoms with Crippen LogP contribution < -0.4 is 9.64 Å². The van der Waals surface area contributed by atoms with E-state index >= 15 is 0 Å². The number of rotatable bonds is 2. The molecule has 0 bridgehead atoms. The highest BCUT2D eigenvalue weighted by molar-refractivity contribution is 5.97. The average molecular weight is 261 g/mol. The van der Waals surface area contributed by atoms with Gasteiger partial charge in [0, 0.05) is 12.4 Å². The van der Waals surface area contributed by atoms with Gasteiger partial charge in [-0.15, -0.1) is 0 Å². The van der Waals surface area contributed by atoms with Crippen molar-refractivity contribution in [1.82, 2.24) is 9.55 Å². The van der Waals surface area contributed by atoms with Gasteiger partial charge in [0.05, 0.1) is 5.69 Å². The summed E-state index contributed by atoms with van der Waals surface area (Å²) in [4.78, 5) is 17.5. The number of benzene rings is 1. The fraction of sp³-hybridized carbons (Fsp3) is 0.231. The van der Waals surface area contributed by atoms with Crippen molar-refractivity contribution < 1.29 is 13.9 Å². The van der Waals surface area contributed by atoms with E-state index in [0.717, 1.165) is 5.82 Å². The number of carbonyl (C=O) groups is 1. The van der Waals surface area contributed by atoms with E-state index in [9.17, 15) is 9.18 Å². The molecule has 0 radical (unpaired) electrons. The predicted molar refractivity (Wildman–Crippen MR) is 66.3 cm³/mol. The number of halogens is 1. The van der Waals surface area contributed by atoms with Crippen molar-refractivity contribution in [3.05, 3.63) is 42.2 Å². The maximum atomic E-state index is 13.6. The molecule has 1 aromatic heterocycles. The number of hydrogen-bond acceptors (Lipinski definition) is 3. The molecule has 0 saturated carbocycles. The SMILES string of the molecule is Cc1nccn1CN1C(=O)COc2c(F)cccc21. The zero-order valence-electron chi connectivity index (χ0n) is 10.3. The minimum Gasteiger partial charge on any atom is -0.478 e. The molecular weight excluding hydrogens is 249 g/mol. The Kier molecular flexibility index (Phi) is 2.70. The summed E-state index contributed by atoms with van der Waals surface area (Å²) in [7, 11) is 0. The van der Waals surface area contributed by atoms with E-state index in [1.54, 1.807) is 24.5 Å². The lowest BCUT2D eigenvalue weighted by Crippen LogP contribution is -2.40. The second-order valence-corrected chi connectivity index (χ2v) is 4.28. The summed E-state index contributed by atoms with van der Waals surface area (Å²) >= 11 is 0. The summed E-state index contributed by atoms with van der Waals surface area (Å²) in [5.74, 6) is 0.251. The molecular formula is C13H12FN3O2. The molecule has 0 saturated heterocycles. The first-order valence-electron chi connectivity index (χ1n) is 5.86. The molecule has 98 valence electrons. The molecule has 1 aliphatic rings. The zero-order chi connectivity index (χ0) is 13.4. The van der Waals surface area contributed by atoms with Crippen LogP contribution in [0, 0.1) is 12.7 Å². The molecule has 1 aromatic carbocycles. The molecule has 0 spiro atoms. The Hall–Kier alpha value is -2.37. The number of amides is 1. The first kappa shape index (κ1) is 11.7. The molecule has 2 aromatic rings. The molecule has 19 heavy (non-hydrogen) atoms. The van der Waals surface area contributed by atoms with Crippen molar-refractivity contribution >= 4 is 11.6 Å². The number of anilines is 1. The van der Waals surface area contributed by atoms with E-state index in [-0.39, 0.29) is 18.3 Å².